The molecule has 0 radical (unpaired) electrons. The molecule has 1 rings (SSSR count). The van der Waals surface area contributed by atoms with Crippen LogP contribution in [0, 0.1) is 0 Å². The summed E-state index contributed by atoms with van der Waals surface area (Å²) in [6.45, 7) is 0.696. The maximum Gasteiger partial charge on any atom is 0.0698 e. The molecule has 0 spiro atoms. The van der Waals surface area contributed by atoms with Crippen LogP contribution in [0.4, 0.5) is 0 Å². The highest BCUT2D eigenvalue weighted by atomic mass is 33.1. The average molecular weight is 272 g/mol. The molecule has 3 nitrogen and oxygen atoms in total. The van der Waals surface area contributed by atoms with Crippen molar-refractivity contribution in [1.29, 1.82) is 0 Å². The summed E-state index contributed by atoms with van der Waals surface area (Å²) in [6.07, 6.45) is 6.25. The molecule has 2 N–H and O–H groups in total. The largest absolute Gasteiger partial charge is 0.394 e. The van der Waals surface area contributed by atoms with Crippen molar-refractivity contribution >= 4 is 33.3 Å². The van der Waals surface area contributed by atoms with Gasteiger partial charge in [-0.25, -0.2) is 0 Å². The molecule has 6 heteroatoms. The van der Waals surface area contributed by atoms with Crippen LogP contribution in [0.1, 0.15) is 0 Å². The van der Waals surface area contributed by atoms with Gasteiger partial charge in [0.25, 0.3) is 0 Å². The van der Waals surface area contributed by atoms with Gasteiger partial charge < -0.3 is 14.9 Å². The summed E-state index contributed by atoms with van der Waals surface area (Å²) in [7, 11) is 3.69. The normalized spacial score (nSPS) is 12.5. The fourth-order valence-corrected chi connectivity index (χ4v) is 2.00. The SMILES string of the molecule is C1=CSSC1.CSC.OCCOCCO. The van der Waals surface area contributed by atoms with Gasteiger partial charge in [0.15, 0.2) is 0 Å². The second kappa shape index (κ2) is 20.1. The van der Waals surface area contributed by atoms with Crippen molar-refractivity contribution < 1.29 is 14.9 Å². The molecule has 1 aliphatic rings. The van der Waals surface area contributed by atoms with Crippen LogP contribution < -0.4 is 0 Å². The lowest BCUT2D eigenvalue weighted by atomic mass is 10.7. The standard InChI is InChI=1S/C4H10O3.C3H4S2.C2H6S/c5-1-3-7-4-2-6;1-2-4-5-3-1;1-3-2/h5-6H,1-4H2;1-2H,3H2;1-2H3. The highest BCUT2D eigenvalue weighted by Crippen LogP contribution is 2.27. The van der Waals surface area contributed by atoms with Crippen molar-refractivity contribution in [3.63, 3.8) is 0 Å². The highest BCUT2D eigenvalue weighted by Gasteiger charge is 1.85. The summed E-state index contributed by atoms with van der Waals surface area (Å²) in [5, 5.41) is 18.3. The molecule has 0 bridgehead atoms. The summed E-state index contributed by atoms with van der Waals surface area (Å²) in [6, 6.07) is 0. The Labute approximate surface area is 104 Å². The van der Waals surface area contributed by atoms with Crippen molar-refractivity contribution in [2.24, 2.45) is 0 Å². The van der Waals surface area contributed by atoms with Gasteiger partial charge in [-0.05, 0) is 17.9 Å². The summed E-state index contributed by atoms with van der Waals surface area (Å²) in [4.78, 5) is 0. The Balaban J connectivity index is 0. The van der Waals surface area contributed by atoms with Crippen molar-refractivity contribution in [3.05, 3.63) is 11.5 Å². The first-order valence-corrected chi connectivity index (χ1v) is 8.47. The Morgan fingerprint density at radius 3 is 2.00 bits per heavy atom. The van der Waals surface area contributed by atoms with Crippen LogP contribution in [0.15, 0.2) is 11.5 Å². The minimum atomic E-state index is 0.0278. The van der Waals surface area contributed by atoms with Crippen molar-refractivity contribution in [3.8, 4) is 0 Å². The van der Waals surface area contributed by atoms with Gasteiger partial charge in [-0.2, -0.15) is 11.8 Å². The molecule has 0 aromatic heterocycles. The van der Waals surface area contributed by atoms with E-state index in [-0.39, 0.29) is 13.2 Å². The van der Waals surface area contributed by atoms with Gasteiger partial charge in [-0.1, -0.05) is 27.7 Å². The van der Waals surface area contributed by atoms with Gasteiger partial charge in [-0.3, -0.25) is 0 Å². The predicted molar refractivity (Wildman–Crippen MR) is 73.6 cm³/mol. The summed E-state index contributed by atoms with van der Waals surface area (Å²) in [5.74, 6) is 1.20. The molecule has 1 aliphatic heterocycles. The molecule has 15 heavy (non-hydrogen) atoms. The average Bonchev–Trinajstić information content (AvgIpc) is 2.78. The van der Waals surface area contributed by atoms with Crippen LogP contribution >= 0.6 is 33.3 Å². The molecular weight excluding hydrogens is 252 g/mol. The zero-order chi connectivity index (χ0) is 11.8. The van der Waals surface area contributed by atoms with Gasteiger partial charge >= 0.3 is 0 Å². The van der Waals surface area contributed by atoms with E-state index in [1.54, 1.807) is 11.8 Å². The van der Waals surface area contributed by atoms with E-state index in [4.69, 9.17) is 10.2 Å². The summed E-state index contributed by atoms with van der Waals surface area (Å²) >= 11 is 1.75. The minimum Gasteiger partial charge on any atom is -0.394 e. The third-order valence-electron chi connectivity index (χ3n) is 0.855. The molecule has 0 saturated heterocycles. The molecule has 0 unspecified atom stereocenters. The monoisotopic (exact) mass is 272 g/mol. The van der Waals surface area contributed by atoms with Gasteiger partial charge in [0.1, 0.15) is 0 Å². The van der Waals surface area contributed by atoms with E-state index >= 15 is 0 Å². The first-order valence-electron chi connectivity index (χ1n) is 4.46. The number of rotatable bonds is 4. The van der Waals surface area contributed by atoms with E-state index in [1.807, 2.05) is 34.1 Å². The second-order valence-electron chi connectivity index (χ2n) is 2.22. The van der Waals surface area contributed by atoms with Crippen LogP contribution in [-0.4, -0.2) is 54.9 Å². The topological polar surface area (TPSA) is 49.7 Å². The minimum absolute atomic E-state index is 0.0278. The van der Waals surface area contributed by atoms with Gasteiger partial charge in [-0.15, -0.1) is 0 Å². The predicted octanol–water partition coefficient (Wildman–Crippen LogP) is 1.86. The number of hydrogen-bond acceptors (Lipinski definition) is 6. The number of thioether (sulfide) groups is 1. The summed E-state index contributed by atoms with van der Waals surface area (Å²) in [5.41, 5.74) is 0. The third-order valence-corrected chi connectivity index (χ3v) is 2.77. The molecule has 0 fully saturated rings. The maximum absolute atomic E-state index is 8.09. The van der Waals surface area contributed by atoms with Crippen LogP contribution in [0.3, 0.4) is 0 Å². The lowest BCUT2D eigenvalue weighted by molar-refractivity contribution is 0.0650. The Morgan fingerprint density at radius 2 is 1.80 bits per heavy atom. The van der Waals surface area contributed by atoms with Crippen LogP contribution in [0.25, 0.3) is 0 Å². The van der Waals surface area contributed by atoms with E-state index in [1.165, 1.54) is 5.75 Å². The fourth-order valence-electron chi connectivity index (χ4n) is 0.428. The molecular formula is C9H20O3S3. The maximum atomic E-state index is 8.09. The second-order valence-corrected chi connectivity index (χ2v) is 5.35. The number of aliphatic hydroxyl groups is 2. The fraction of sp³-hybridized carbons (Fsp3) is 0.778. The van der Waals surface area contributed by atoms with Crippen LogP contribution in [-0.2, 0) is 4.74 Å². The Kier molecular flexibility index (Phi) is 24.2. The molecule has 1 heterocycles. The number of hydrogen-bond donors (Lipinski definition) is 2. The van der Waals surface area contributed by atoms with E-state index in [2.05, 4.69) is 16.2 Å². The van der Waals surface area contributed by atoms with E-state index in [0.717, 1.165) is 0 Å². The molecule has 0 aromatic carbocycles. The molecule has 92 valence electrons. The molecule has 0 aliphatic carbocycles. The zero-order valence-electron chi connectivity index (χ0n) is 9.22. The van der Waals surface area contributed by atoms with Crippen molar-refractivity contribution in [2.75, 3.05) is 44.7 Å². The number of aliphatic hydroxyl groups excluding tert-OH is 2. The molecule has 0 atom stereocenters. The Hall–Kier alpha value is 0.670. The van der Waals surface area contributed by atoms with Gasteiger partial charge in [0.2, 0.25) is 0 Å². The lowest BCUT2D eigenvalue weighted by Crippen LogP contribution is -2.03. The Morgan fingerprint density at radius 1 is 1.27 bits per heavy atom. The highest BCUT2D eigenvalue weighted by molar-refractivity contribution is 8.78. The van der Waals surface area contributed by atoms with E-state index in [9.17, 15) is 0 Å². The molecule has 0 aromatic rings. The summed E-state index contributed by atoms with van der Waals surface area (Å²) < 4.78 is 4.63. The molecule has 0 amide bonds. The lowest BCUT2D eigenvalue weighted by Gasteiger charge is -1.94. The third kappa shape index (κ3) is 25.2. The van der Waals surface area contributed by atoms with E-state index in [0.29, 0.717) is 13.2 Å². The van der Waals surface area contributed by atoms with Gasteiger partial charge in [0.05, 0.1) is 26.4 Å². The first-order chi connectivity index (χ1) is 7.33. The molecule has 0 saturated carbocycles. The van der Waals surface area contributed by atoms with Crippen LogP contribution in [0.5, 0.6) is 0 Å². The first kappa shape index (κ1) is 18.0. The zero-order valence-corrected chi connectivity index (χ0v) is 11.7. The van der Waals surface area contributed by atoms with Crippen molar-refractivity contribution in [1.82, 2.24) is 0 Å². The quantitative estimate of drug-likeness (QED) is 0.602. The van der Waals surface area contributed by atoms with Crippen LogP contribution in [0.2, 0.25) is 0 Å². The Bertz CT molecular complexity index is 113. The van der Waals surface area contributed by atoms with E-state index < -0.39 is 0 Å². The number of ether oxygens (including phenoxy) is 1. The smallest absolute Gasteiger partial charge is 0.0698 e. The van der Waals surface area contributed by atoms with Gasteiger partial charge in [0, 0.05) is 5.75 Å². The van der Waals surface area contributed by atoms with Crippen molar-refractivity contribution in [2.45, 2.75) is 0 Å².